The molecule has 0 heterocycles. The molecule has 0 saturated heterocycles. The van der Waals surface area contributed by atoms with E-state index in [9.17, 15) is 9.59 Å². The molecule has 0 fully saturated rings. The Morgan fingerprint density at radius 3 is 2.38 bits per heavy atom. The van der Waals surface area contributed by atoms with Crippen LogP contribution >= 0.6 is 0 Å². The molecule has 1 unspecified atom stereocenters. The fourth-order valence-corrected chi connectivity index (χ4v) is 0.687. The lowest BCUT2D eigenvalue weighted by molar-refractivity contribution is -0.183. The van der Waals surface area contributed by atoms with Gasteiger partial charge in [0.15, 0.2) is 0 Å². The van der Waals surface area contributed by atoms with Crippen LogP contribution in [0, 0.1) is 0 Å². The molecule has 0 aromatic heterocycles. The second-order valence-electron chi connectivity index (χ2n) is 2.41. The molecule has 0 aliphatic heterocycles. The van der Waals surface area contributed by atoms with Crippen molar-refractivity contribution in [2.24, 2.45) is 0 Å². The van der Waals surface area contributed by atoms with E-state index < -0.39 is 18.2 Å². The maximum Gasteiger partial charge on any atom is 0.311 e. The van der Waals surface area contributed by atoms with Gasteiger partial charge in [-0.2, -0.15) is 0 Å². The van der Waals surface area contributed by atoms with E-state index in [0.717, 1.165) is 0 Å². The average Bonchev–Trinajstić information content (AvgIpc) is 1.98. The Labute approximate surface area is 77.0 Å². The zero-order valence-corrected chi connectivity index (χ0v) is 8.03. The Kier molecular flexibility index (Phi) is 5.88. The van der Waals surface area contributed by atoms with Crippen LogP contribution in [-0.2, 0) is 23.8 Å². The summed E-state index contributed by atoms with van der Waals surface area (Å²) in [5.41, 5.74) is 0. The number of carbonyl (C=O) groups excluding carboxylic acids is 2. The minimum absolute atomic E-state index is 0.155. The molecule has 0 bridgehead atoms. The molecular weight excluding hydrogens is 176 g/mol. The molecule has 5 heteroatoms. The van der Waals surface area contributed by atoms with Gasteiger partial charge < -0.3 is 14.2 Å². The van der Waals surface area contributed by atoms with E-state index in [1.807, 2.05) is 0 Å². The third kappa shape index (κ3) is 7.27. The van der Waals surface area contributed by atoms with E-state index >= 15 is 0 Å². The molecule has 1 atom stereocenters. The molecule has 0 aliphatic rings. The van der Waals surface area contributed by atoms with Gasteiger partial charge in [0, 0.05) is 21.0 Å². The number of hydrogen-bond acceptors (Lipinski definition) is 5. The Morgan fingerprint density at radius 2 is 1.92 bits per heavy atom. The van der Waals surface area contributed by atoms with E-state index in [-0.39, 0.29) is 6.42 Å². The number of methoxy groups -OCH3 is 1. The maximum atomic E-state index is 10.9. The van der Waals surface area contributed by atoms with Crippen molar-refractivity contribution in [1.82, 2.24) is 0 Å². The zero-order valence-electron chi connectivity index (χ0n) is 8.03. The Balaban J connectivity index is 3.59. The highest BCUT2D eigenvalue weighted by molar-refractivity contribution is 5.70. The normalized spacial score (nSPS) is 11.9. The van der Waals surface area contributed by atoms with Crippen molar-refractivity contribution in [3.8, 4) is 0 Å². The van der Waals surface area contributed by atoms with Gasteiger partial charge in [0.2, 0.25) is 6.29 Å². The summed E-state index contributed by atoms with van der Waals surface area (Å²) in [5.74, 6) is -0.928. The molecule has 76 valence electrons. The van der Waals surface area contributed by atoms with Crippen LogP contribution < -0.4 is 0 Å². The van der Waals surface area contributed by atoms with Crippen LogP contribution in [0.4, 0.5) is 0 Å². The number of rotatable bonds is 5. The molecule has 0 aliphatic carbocycles. The number of esters is 2. The van der Waals surface area contributed by atoms with Crippen molar-refractivity contribution < 1.29 is 23.8 Å². The van der Waals surface area contributed by atoms with Gasteiger partial charge in [-0.05, 0) is 0 Å². The molecule has 13 heavy (non-hydrogen) atoms. The molecule has 0 aromatic rings. The molecule has 0 N–H and O–H groups in total. The molecule has 5 nitrogen and oxygen atoms in total. The van der Waals surface area contributed by atoms with Crippen LogP contribution in [0.25, 0.3) is 0 Å². The number of hydrogen-bond donors (Lipinski definition) is 0. The van der Waals surface area contributed by atoms with Gasteiger partial charge >= 0.3 is 11.9 Å². The standard InChI is InChI=1S/C8H14O5/c1-6(9)12-7(2)13-8(10)4-5-11-3/h7H,4-5H2,1-3H3. The van der Waals surface area contributed by atoms with E-state index in [1.54, 1.807) is 0 Å². The van der Waals surface area contributed by atoms with Gasteiger partial charge in [-0.25, -0.2) is 0 Å². The average molecular weight is 190 g/mol. The summed E-state index contributed by atoms with van der Waals surface area (Å²) in [5, 5.41) is 0. The highest BCUT2D eigenvalue weighted by atomic mass is 16.7. The van der Waals surface area contributed by atoms with Gasteiger partial charge in [-0.1, -0.05) is 0 Å². The number of ether oxygens (including phenoxy) is 3. The largest absolute Gasteiger partial charge is 0.426 e. The summed E-state index contributed by atoms with van der Waals surface area (Å²) in [6.45, 7) is 3.03. The van der Waals surface area contributed by atoms with Crippen LogP contribution in [0.2, 0.25) is 0 Å². The summed E-state index contributed by atoms with van der Waals surface area (Å²) in [4.78, 5) is 21.3. The van der Waals surface area contributed by atoms with Crippen LogP contribution in [0.5, 0.6) is 0 Å². The fourth-order valence-electron chi connectivity index (χ4n) is 0.687. The highest BCUT2D eigenvalue weighted by Crippen LogP contribution is 1.97. The van der Waals surface area contributed by atoms with Crippen LogP contribution in [0.15, 0.2) is 0 Å². The lowest BCUT2D eigenvalue weighted by atomic mass is 10.5. The van der Waals surface area contributed by atoms with Gasteiger partial charge in [0.1, 0.15) is 0 Å². The molecule has 0 amide bonds. The first-order valence-electron chi connectivity index (χ1n) is 3.92. The highest BCUT2D eigenvalue weighted by Gasteiger charge is 2.10. The van der Waals surface area contributed by atoms with E-state index in [2.05, 4.69) is 9.47 Å². The summed E-state index contributed by atoms with van der Waals surface area (Å²) >= 11 is 0. The molecule has 0 aromatic carbocycles. The first kappa shape index (κ1) is 11.9. The Morgan fingerprint density at radius 1 is 1.31 bits per heavy atom. The molecule has 0 rings (SSSR count). The topological polar surface area (TPSA) is 61.8 Å². The SMILES string of the molecule is COCCC(=O)OC(C)OC(C)=O. The Bertz CT molecular complexity index is 177. The van der Waals surface area contributed by atoms with Crippen molar-refractivity contribution in [1.29, 1.82) is 0 Å². The third-order valence-corrected chi connectivity index (χ3v) is 1.14. The summed E-state index contributed by atoms with van der Waals surface area (Å²) in [6.07, 6.45) is -0.677. The monoisotopic (exact) mass is 190 g/mol. The second kappa shape index (κ2) is 6.42. The minimum atomic E-state index is -0.832. The van der Waals surface area contributed by atoms with E-state index in [1.165, 1.54) is 21.0 Å². The first-order chi connectivity index (χ1) is 6.06. The van der Waals surface area contributed by atoms with Crippen molar-refractivity contribution in [2.75, 3.05) is 13.7 Å². The summed E-state index contributed by atoms with van der Waals surface area (Å²) in [6, 6.07) is 0. The van der Waals surface area contributed by atoms with Gasteiger partial charge in [-0.15, -0.1) is 0 Å². The van der Waals surface area contributed by atoms with Crippen molar-refractivity contribution >= 4 is 11.9 Å². The van der Waals surface area contributed by atoms with Gasteiger partial charge in [0.25, 0.3) is 0 Å². The fraction of sp³-hybridized carbons (Fsp3) is 0.750. The predicted octanol–water partition coefficient (Wildman–Crippen LogP) is 0.475. The zero-order chi connectivity index (χ0) is 10.3. The van der Waals surface area contributed by atoms with Gasteiger partial charge in [0.05, 0.1) is 13.0 Å². The van der Waals surface area contributed by atoms with Crippen LogP contribution in [-0.4, -0.2) is 31.9 Å². The lowest BCUT2D eigenvalue weighted by Gasteiger charge is -2.12. The Hall–Kier alpha value is -1.10. The predicted molar refractivity (Wildman–Crippen MR) is 43.8 cm³/mol. The first-order valence-corrected chi connectivity index (χ1v) is 3.92. The maximum absolute atomic E-state index is 10.9. The van der Waals surface area contributed by atoms with Crippen molar-refractivity contribution in [2.45, 2.75) is 26.6 Å². The quantitative estimate of drug-likeness (QED) is 0.466. The lowest BCUT2D eigenvalue weighted by Crippen LogP contribution is -2.20. The van der Waals surface area contributed by atoms with E-state index in [4.69, 9.17) is 4.74 Å². The molecular formula is C8H14O5. The summed E-state index contributed by atoms with van der Waals surface area (Å²) in [7, 11) is 1.49. The van der Waals surface area contributed by atoms with Gasteiger partial charge in [-0.3, -0.25) is 9.59 Å². The van der Waals surface area contributed by atoms with E-state index in [0.29, 0.717) is 6.61 Å². The number of carbonyl (C=O) groups is 2. The summed E-state index contributed by atoms with van der Waals surface area (Å²) < 4.78 is 13.9. The second-order valence-corrected chi connectivity index (χ2v) is 2.41. The molecule has 0 saturated carbocycles. The van der Waals surface area contributed by atoms with Crippen molar-refractivity contribution in [3.63, 3.8) is 0 Å². The molecule has 0 radical (unpaired) electrons. The molecule has 0 spiro atoms. The minimum Gasteiger partial charge on any atom is -0.426 e. The third-order valence-electron chi connectivity index (χ3n) is 1.14. The van der Waals surface area contributed by atoms with Crippen LogP contribution in [0.3, 0.4) is 0 Å². The smallest absolute Gasteiger partial charge is 0.311 e. The van der Waals surface area contributed by atoms with Crippen LogP contribution in [0.1, 0.15) is 20.3 Å². The van der Waals surface area contributed by atoms with Crippen molar-refractivity contribution in [3.05, 3.63) is 0 Å².